The van der Waals surface area contributed by atoms with Crippen molar-refractivity contribution in [2.45, 2.75) is 117 Å². The summed E-state index contributed by atoms with van der Waals surface area (Å²) in [5.41, 5.74) is 3.76. The van der Waals surface area contributed by atoms with Gasteiger partial charge in [0.15, 0.2) is 0 Å². The number of unbranched alkanes of at least 4 members (excludes halogenated alkanes) is 12. The van der Waals surface area contributed by atoms with Gasteiger partial charge in [0, 0.05) is 37.6 Å². The normalized spacial score (nSPS) is 11.3. The van der Waals surface area contributed by atoms with E-state index >= 15 is 0 Å². The highest BCUT2D eigenvalue weighted by Crippen LogP contribution is 2.20. The number of rotatable bonds is 23. The fourth-order valence-corrected chi connectivity index (χ4v) is 4.52. The van der Waals surface area contributed by atoms with Crippen LogP contribution in [0.2, 0.25) is 0 Å². The Hall–Kier alpha value is -1.78. The summed E-state index contributed by atoms with van der Waals surface area (Å²) in [5, 5.41) is 0. The van der Waals surface area contributed by atoms with Crippen LogP contribution >= 0.6 is 0 Å². The van der Waals surface area contributed by atoms with Crippen molar-refractivity contribution in [1.82, 2.24) is 9.97 Å². The molecular weight excluding hydrogens is 444 g/mol. The summed E-state index contributed by atoms with van der Waals surface area (Å²) in [4.78, 5) is 9.25. The number of aryl methyl sites for hydroxylation is 2. The number of aromatic nitrogens is 2. The van der Waals surface area contributed by atoms with E-state index in [9.17, 15) is 0 Å². The molecule has 0 amide bonds. The van der Waals surface area contributed by atoms with Crippen molar-refractivity contribution in [3.63, 3.8) is 0 Å². The molecule has 0 fully saturated rings. The molecule has 0 N–H and O–H groups in total. The van der Waals surface area contributed by atoms with Crippen molar-refractivity contribution in [2.75, 3.05) is 26.4 Å². The minimum atomic E-state index is 0.714. The van der Waals surface area contributed by atoms with Crippen LogP contribution in [-0.4, -0.2) is 36.4 Å². The second-order valence-corrected chi connectivity index (χ2v) is 9.99. The van der Waals surface area contributed by atoms with E-state index in [1.807, 2.05) is 19.3 Å². The Morgan fingerprint density at radius 1 is 0.528 bits per heavy atom. The van der Waals surface area contributed by atoms with Crippen LogP contribution in [0.5, 0.6) is 0 Å². The molecule has 0 bridgehead atoms. The smallest absolute Gasteiger partial charge is 0.128 e. The summed E-state index contributed by atoms with van der Waals surface area (Å²) in [6, 6.07) is 9.00. The Balaban J connectivity index is 1.52. The summed E-state index contributed by atoms with van der Waals surface area (Å²) in [6.45, 7) is 7.35. The van der Waals surface area contributed by atoms with Crippen LogP contribution in [0.25, 0.3) is 11.1 Å². The first kappa shape index (κ1) is 30.4. The predicted octanol–water partition coefficient (Wildman–Crippen LogP) is 8.76. The van der Waals surface area contributed by atoms with Crippen molar-refractivity contribution >= 4 is 0 Å². The molecule has 36 heavy (non-hydrogen) atoms. The molecular formula is C32H52N2O2. The molecule has 202 valence electrons. The van der Waals surface area contributed by atoms with Crippen LogP contribution in [0.15, 0.2) is 36.7 Å². The van der Waals surface area contributed by atoms with Gasteiger partial charge in [0.2, 0.25) is 0 Å². The highest BCUT2D eigenvalue weighted by molar-refractivity contribution is 5.61. The van der Waals surface area contributed by atoms with Gasteiger partial charge in [0.05, 0.1) is 13.2 Å². The Bertz CT molecular complexity index is 746. The highest BCUT2D eigenvalue weighted by atomic mass is 16.5. The van der Waals surface area contributed by atoms with Crippen molar-refractivity contribution < 1.29 is 9.47 Å². The van der Waals surface area contributed by atoms with Crippen LogP contribution in [0.3, 0.4) is 0 Å². The average molecular weight is 497 g/mol. The van der Waals surface area contributed by atoms with Crippen molar-refractivity contribution in [2.24, 2.45) is 0 Å². The number of benzene rings is 1. The van der Waals surface area contributed by atoms with Gasteiger partial charge in [0.1, 0.15) is 5.82 Å². The Labute approximate surface area is 221 Å². The summed E-state index contributed by atoms with van der Waals surface area (Å²) in [6.07, 6.45) is 24.5. The second-order valence-electron chi connectivity index (χ2n) is 9.99. The van der Waals surface area contributed by atoms with Crippen molar-refractivity contribution in [1.29, 1.82) is 0 Å². The van der Waals surface area contributed by atoms with E-state index in [0.29, 0.717) is 6.61 Å². The lowest BCUT2D eigenvalue weighted by Gasteiger charge is -2.06. The molecule has 2 rings (SSSR count). The number of ether oxygens (including phenoxy) is 2. The maximum absolute atomic E-state index is 5.56. The van der Waals surface area contributed by atoms with Gasteiger partial charge in [0.25, 0.3) is 0 Å². The predicted molar refractivity (Wildman–Crippen MR) is 152 cm³/mol. The molecule has 0 saturated carbocycles. The maximum atomic E-state index is 5.56. The largest absolute Gasteiger partial charge is 0.379 e. The van der Waals surface area contributed by atoms with Gasteiger partial charge in [-0.15, -0.1) is 0 Å². The molecule has 1 aromatic heterocycles. The summed E-state index contributed by atoms with van der Waals surface area (Å²) in [5.74, 6) is 0.966. The highest BCUT2D eigenvalue weighted by Gasteiger charge is 2.03. The molecule has 0 spiro atoms. The van der Waals surface area contributed by atoms with Gasteiger partial charge >= 0.3 is 0 Å². The van der Waals surface area contributed by atoms with Gasteiger partial charge in [-0.3, -0.25) is 0 Å². The van der Waals surface area contributed by atoms with E-state index in [1.54, 1.807) is 0 Å². The van der Waals surface area contributed by atoms with E-state index < -0.39 is 0 Å². The number of hydrogen-bond donors (Lipinski definition) is 0. The third-order valence-electron chi connectivity index (χ3n) is 6.83. The summed E-state index contributed by atoms with van der Waals surface area (Å²) >= 11 is 0. The van der Waals surface area contributed by atoms with Crippen molar-refractivity contribution in [3.8, 4) is 11.1 Å². The third kappa shape index (κ3) is 14.7. The lowest BCUT2D eigenvalue weighted by Crippen LogP contribution is -2.04. The van der Waals surface area contributed by atoms with Gasteiger partial charge in [-0.05, 0) is 43.7 Å². The molecule has 0 radical (unpaired) electrons. The number of nitrogens with zero attached hydrogens (tertiary/aromatic N) is 2. The topological polar surface area (TPSA) is 44.2 Å². The second kappa shape index (κ2) is 21.3. The van der Waals surface area contributed by atoms with Crippen LogP contribution in [0, 0.1) is 0 Å². The standard InChI is InChI=1S/C32H52N2O2/c1-3-5-6-7-8-9-12-15-18-29-20-22-30(23-21-29)31-27-33-32(34-28-31)19-16-13-10-11-14-17-24-36-26-25-35-4-2/h20-23,27-28H,3-19,24-26H2,1-2H3. The first-order valence-corrected chi connectivity index (χ1v) is 14.9. The van der Waals surface area contributed by atoms with Crippen LogP contribution < -0.4 is 0 Å². The van der Waals surface area contributed by atoms with Gasteiger partial charge in [-0.25, -0.2) is 9.97 Å². The first-order valence-electron chi connectivity index (χ1n) is 14.9. The van der Waals surface area contributed by atoms with E-state index in [4.69, 9.17) is 9.47 Å². The zero-order chi connectivity index (χ0) is 25.5. The molecule has 2 aromatic rings. The molecule has 4 nitrogen and oxygen atoms in total. The fourth-order valence-electron chi connectivity index (χ4n) is 4.52. The lowest BCUT2D eigenvalue weighted by molar-refractivity contribution is 0.0512. The molecule has 0 aliphatic carbocycles. The molecule has 0 unspecified atom stereocenters. The Morgan fingerprint density at radius 3 is 1.72 bits per heavy atom. The Kier molecular flexibility index (Phi) is 18.0. The van der Waals surface area contributed by atoms with Gasteiger partial charge in [-0.1, -0.05) is 102 Å². The minimum Gasteiger partial charge on any atom is -0.379 e. The Morgan fingerprint density at radius 2 is 1.08 bits per heavy atom. The molecule has 0 aliphatic rings. The van der Waals surface area contributed by atoms with Crippen molar-refractivity contribution in [3.05, 3.63) is 48.0 Å². The van der Waals surface area contributed by atoms with E-state index in [1.165, 1.54) is 94.6 Å². The fraction of sp³-hybridized carbons (Fsp3) is 0.688. The minimum absolute atomic E-state index is 0.714. The summed E-state index contributed by atoms with van der Waals surface area (Å²) in [7, 11) is 0. The van der Waals surface area contributed by atoms with Gasteiger partial charge < -0.3 is 9.47 Å². The molecule has 0 saturated heterocycles. The monoisotopic (exact) mass is 496 g/mol. The van der Waals surface area contributed by atoms with Crippen LogP contribution in [-0.2, 0) is 22.3 Å². The molecule has 0 atom stereocenters. The summed E-state index contributed by atoms with van der Waals surface area (Å²) < 4.78 is 10.8. The van der Waals surface area contributed by atoms with E-state index in [2.05, 4.69) is 41.2 Å². The van der Waals surface area contributed by atoms with Gasteiger partial charge in [-0.2, -0.15) is 0 Å². The molecule has 0 aliphatic heterocycles. The van der Waals surface area contributed by atoms with E-state index in [0.717, 1.165) is 50.5 Å². The maximum Gasteiger partial charge on any atom is 0.128 e. The molecule has 4 heteroatoms. The zero-order valence-electron chi connectivity index (χ0n) is 23.3. The first-order chi connectivity index (χ1) is 17.8. The third-order valence-corrected chi connectivity index (χ3v) is 6.83. The lowest BCUT2D eigenvalue weighted by atomic mass is 10.0. The van der Waals surface area contributed by atoms with Crippen LogP contribution in [0.1, 0.15) is 115 Å². The quantitative estimate of drug-likeness (QED) is 0.144. The average Bonchev–Trinajstić information content (AvgIpc) is 2.91. The molecule has 1 aromatic carbocycles. The molecule has 1 heterocycles. The zero-order valence-corrected chi connectivity index (χ0v) is 23.3. The SMILES string of the molecule is CCCCCCCCCCc1ccc(-c2cnc(CCCCCCCCOCCOCC)nc2)cc1. The van der Waals surface area contributed by atoms with E-state index in [-0.39, 0.29) is 0 Å². The van der Waals surface area contributed by atoms with Crippen LogP contribution in [0.4, 0.5) is 0 Å². The number of hydrogen-bond acceptors (Lipinski definition) is 4.